The fraction of sp³-hybridized carbons (Fsp3) is 0.500. The van der Waals surface area contributed by atoms with Crippen LogP contribution in [0.2, 0.25) is 0 Å². The lowest BCUT2D eigenvalue weighted by molar-refractivity contribution is -0.143. The number of hydrogen-bond acceptors (Lipinski definition) is 6. The van der Waals surface area contributed by atoms with Crippen molar-refractivity contribution < 1.29 is 24.2 Å². The number of ether oxygens (including phenoxy) is 2. The van der Waals surface area contributed by atoms with Crippen LogP contribution in [0, 0.1) is 0 Å². The molecule has 1 unspecified atom stereocenters. The molecule has 0 aliphatic heterocycles. The van der Waals surface area contributed by atoms with Crippen LogP contribution in [0.15, 0.2) is 18.3 Å². The summed E-state index contributed by atoms with van der Waals surface area (Å²) < 4.78 is 9.75. The normalized spacial score (nSPS) is 12.4. The number of aromatic hydroxyl groups is 1. The minimum Gasteiger partial charge on any atom is -0.506 e. The summed E-state index contributed by atoms with van der Waals surface area (Å²) in [6.07, 6.45) is 0.681. The lowest BCUT2D eigenvalue weighted by atomic mass is 10.1. The van der Waals surface area contributed by atoms with Gasteiger partial charge in [-0.3, -0.25) is 4.98 Å². The van der Waals surface area contributed by atoms with Gasteiger partial charge in [0.15, 0.2) is 0 Å². The number of aromatic nitrogens is 1. The van der Waals surface area contributed by atoms with Crippen molar-refractivity contribution in [1.82, 2.24) is 10.3 Å². The molecule has 1 aromatic rings. The van der Waals surface area contributed by atoms with Crippen molar-refractivity contribution in [1.29, 1.82) is 0 Å². The van der Waals surface area contributed by atoms with E-state index in [0.717, 1.165) is 0 Å². The van der Waals surface area contributed by atoms with E-state index in [0.29, 0.717) is 5.69 Å². The molecule has 21 heavy (non-hydrogen) atoms. The summed E-state index contributed by atoms with van der Waals surface area (Å²) in [5.41, 5.74) is -0.138. The predicted octanol–water partition coefficient (Wildman–Crippen LogP) is 1.40. The first kappa shape index (κ1) is 16.7. The molecule has 1 amide bonds. The Kier molecular flexibility index (Phi) is 5.52. The number of hydrogen-bond donors (Lipinski definition) is 2. The number of rotatable bonds is 4. The smallest absolute Gasteiger partial charge is 0.408 e. The van der Waals surface area contributed by atoms with E-state index in [1.165, 1.54) is 19.4 Å². The fourth-order valence-corrected chi connectivity index (χ4v) is 1.53. The molecule has 116 valence electrons. The third-order valence-electron chi connectivity index (χ3n) is 2.40. The van der Waals surface area contributed by atoms with E-state index in [-0.39, 0.29) is 12.2 Å². The van der Waals surface area contributed by atoms with Crippen LogP contribution in [0.4, 0.5) is 4.79 Å². The van der Waals surface area contributed by atoms with Crippen molar-refractivity contribution in [3.8, 4) is 5.75 Å². The van der Waals surface area contributed by atoms with Gasteiger partial charge in [-0.2, -0.15) is 0 Å². The van der Waals surface area contributed by atoms with Crippen LogP contribution in [0.1, 0.15) is 26.5 Å². The molecular weight excluding hydrogens is 276 g/mol. The van der Waals surface area contributed by atoms with Gasteiger partial charge in [-0.15, -0.1) is 0 Å². The molecule has 1 heterocycles. The molecular formula is C14H20N2O5. The van der Waals surface area contributed by atoms with Crippen molar-refractivity contribution in [2.45, 2.75) is 38.8 Å². The van der Waals surface area contributed by atoms with Crippen molar-refractivity contribution in [2.24, 2.45) is 0 Å². The van der Waals surface area contributed by atoms with E-state index in [1.807, 2.05) is 0 Å². The Morgan fingerprint density at radius 3 is 2.52 bits per heavy atom. The van der Waals surface area contributed by atoms with Crippen molar-refractivity contribution in [3.63, 3.8) is 0 Å². The van der Waals surface area contributed by atoms with Gasteiger partial charge in [0.25, 0.3) is 0 Å². The summed E-state index contributed by atoms with van der Waals surface area (Å²) in [5.74, 6) is -0.579. The average Bonchev–Trinajstić information content (AvgIpc) is 2.37. The molecule has 7 heteroatoms. The summed E-state index contributed by atoms with van der Waals surface area (Å²) in [5, 5.41) is 11.6. The third-order valence-corrected chi connectivity index (χ3v) is 2.40. The Balaban J connectivity index is 2.74. The molecule has 0 aliphatic rings. The number of esters is 1. The molecule has 0 spiro atoms. The van der Waals surface area contributed by atoms with E-state index in [2.05, 4.69) is 15.0 Å². The number of carbonyl (C=O) groups is 2. The molecule has 1 rings (SSSR count). The Labute approximate surface area is 123 Å². The summed E-state index contributed by atoms with van der Waals surface area (Å²) >= 11 is 0. The highest BCUT2D eigenvalue weighted by atomic mass is 16.6. The van der Waals surface area contributed by atoms with Crippen LogP contribution >= 0.6 is 0 Å². The lowest BCUT2D eigenvalue weighted by Crippen LogP contribution is -2.45. The van der Waals surface area contributed by atoms with E-state index >= 15 is 0 Å². The van der Waals surface area contributed by atoms with E-state index < -0.39 is 23.7 Å². The summed E-state index contributed by atoms with van der Waals surface area (Å²) in [4.78, 5) is 27.4. The van der Waals surface area contributed by atoms with Crippen molar-refractivity contribution in [2.75, 3.05) is 7.11 Å². The zero-order chi connectivity index (χ0) is 16.0. The van der Waals surface area contributed by atoms with Crippen LogP contribution in [0.3, 0.4) is 0 Å². The molecule has 1 atom stereocenters. The lowest BCUT2D eigenvalue weighted by Gasteiger charge is -2.22. The monoisotopic (exact) mass is 296 g/mol. The van der Waals surface area contributed by atoms with Crippen molar-refractivity contribution >= 4 is 12.1 Å². The minimum absolute atomic E-state index is 0.0217. The van der Waals surface area contributed by atoms with E-state index in [1.54, 1.807) is 26.8 Å². The van der Waals surface area contributed by atoms with Gasteiger partial charge in [-0.25, -0.2) is 9.59 Å². The van der Waals surface area contributed by atoms with Gasteiger partial charge >= 0.3 is 12.1 Å². The predicted molar refractivity (Wildman–Crippen MR) is 74.8 cm³/mol. The molecule has 0 aromatic carbocycles. The molecule has 7 nitrogen and oxygen atoms in total. The van der Waals surface area contributed by atoms with Crippen LogP contribution in [-0.2, 0) is 20.7 Å². The van der Waals surface area contributed by atoms with Gasteiger partial charge in [0.05, 0.1) is 13.3 Å². The highest BCUT2D eigenvalue weighted by Crippen LogP contribution is 2.10. The Morgan fingerprint density at radius 1 is 1.38 bits per heavy atom. The first-order valence-corrected chi connectivity index (χ1v) is 6.42. The Hall–Kier alpha value is -2.31. The fourth-order valence-electron chi connectivity index (χ4n) is 1.53. The average molecular weight is 296 g/mol. The summed E-state index contributed by atoms with van der Waals surface area (Å²) in [7, 11) is 1.23. The molecule has 1 aromatic heterocycles. The van der Waals surface area contributed by atoms with Gasteiger partial charge in [0, 0.05) is 12.1 Å². The topological polar surface area (TPSA) is 97.8 Å². The van der Waals surface area contributed by atoms with Crippen LogP contribution in [-0.4, -0.2) is 40.9 Å². The van der Waals surface area contributed by atoms with Gasteiger partial charge in [-0.1, -0.05) is 0 Å². The number of nitrogens with zero attached hydrogens (tertiary/aromatic N) is 1. The second-order valence-electron chi connectivity index (χ2n) is 5.43. The van der Waals surface area contributed by atoms with Gasteiger partial charge in [0.1, 0.15) is 17.4 Å². The molecule has 0 radical (unpaired) electrons. The Bertz CT molecular complexity index is 493. The molecule has 0 saturated heterocycles. The summed E-state index contributed by atoms with van der Waals surface area (Å²) in [6, 6.07) is 2.09. The number of pyridine rings is 1. The number of carbonyl (C=O) groups excluding carboxylic acids is 2. The largest absolute Gasteiger partial charge is 0.506 e. The van der Waals surface area contributed by atoms with Gasteiger partial charge < -0.3 is 19.9 Å². The quantitative estimate of drug-likeness (QED) is 0.815. The molecule has 0 bridgehead atoms. The third kappa shape index (κ3) is 6.11. The van der Waals surface area contributed by atoms with Crippen LogP contribution in [0.5, 0.6) is 5.75 Å². The highest BCUT2D eigenvalue weighted by Gasteiger charge is 2.25. The zero-order valence-corrected chi connectivity index (χ0v) is 12.5. The first-order chi connectivity index (χ1) is 9.71. The molecule has 0 fully saturated rings. The zero-order valence-electron chi connectivity index (χ0n) is 12.5. The maximum atomic E-state index is 11.7. The number of alkyl carbamates (subject to hydrolysis) is 1. The molecule has 0 aliphatic carbocycles. The van der Waals surface area contributed by atoms with Gasteiger partial charge in [0.2, 0.25) is 0 Å². The minimum atomic E-state index is -0.915. The number of methoxy groups -OCH3 is 1. The number of nitrogens with one attached hydrogen (secondary N) is 1. The van der Waals surface area contributed by atoms with Gasteiger partial charge in [-0.05, 0) is 32.9 Å². The SMILES string of the molecule is COC(=O)C(Cc1ccc(O)cn1)NC(=O)OC(C)(C)C. The maximum Gasteiger partial charge on any atom is 0.408 e. The number of amides is 1. The first-order valence-electron chi connectivity index (χ1n) is 6.42. The molecule has 2 N–H and O–H groups in total. The molecule has 0 saturated carbocycles. The second-order valence-corrected chi connectivity index (χ2v) is 5.43. The van der Waals surface area contributed by atoms with E-state index in [9.17, 15) is 14.7 Å². The Morgan fingerprint density at radius 2 is 2.05 bits per heavy atom. The highest BCUT2D eigenvalue weighted by molar-refractivity contribution is 5.81. The van der Waals surface area contributed by atoms with Crippen molar-refractivity contribution in [3.05, 3.63) is 24.0 Å². The van der Waals surface area contributed by atoms with E-state index in [4.69, 9.17) is 4.74 Å². The van der Waals surface area contributed by atoms with Crippen LogP contribution < -0.4 is 5.32 Å². The summed E-state index contributed by atoms with van der Waals surface area (Å²) in [6.45, 7) is 5.17. The maximum absolute atomic E-state index is 11.7. The van der Waals surface area contributed by atoms with Crippen LogP contribution in [0.25, 0.3) is 0 Å². The standard InChI is InChI=1S/C14H20N2O5/c1-14(2,3)21-13(19)16-11(12(18)20-4)7-9-5-6-10(17)8-15-9/h5-6,8,11,17H,7H2,1-4H3,(H,16,19). The second kappa shape index (κ2) is 6.92.